The van der Waals surface area contributed by atoms with Crippen LogP contribution in [0.5, 0.6) is 0 Å². The molecular weight excluding hydrogens is 320 g/mol. The van der Waals surface area contributed by atoms with Gasteiger partial charge in [-0.25, -0.2) is 4.79 Å². The van der Waals surface area contributed by atoms with Crippen LogP contribution >= 0.6 is 0 Å². The van der Waals surface area contributed by atoms with E-state index in [1.165, 1.54) is 0 Å². The van der Waals surface area contributed by atoms with E-state index >= 15 is 0 Å². The van der Waals surface area contributed by atoms with E-state index in [1.54, 1.807) is 20.8 Å². The molecule has 0 saturated carbocycles. The summed E-state index contributed by atoms with van der Waals surface area (Å²) in [7, 11) is -2.19. The first-order chi connectivity index (χ1) is 10.7. The molecule has 1 aromatic carbocycles. The lowest BCUT2D eigenvalue weighted by atomic mass is 10.0. The van der Waals surface area contributed by atoms with Gasteiger partial charge in [0.2, 0.25) is 0 Å². The summed E-state index contributed by atoms with van der Waals surface area (Å²) in [5.41, 5.74) is 0.122. The van der Waals surface area contributed by atoms with E-state index < -0.39 is 32.1 Å². The lowest BCUT2D eigenvalue weighted by Crippen LogP contribution is -2.46. The minimum absolute atomic E-state index is 0.0340. The lowest BCUT2D eigenvalue weighted by Gasteiger charge is -2.40. The van der Waals surface area contributed by atoms with Crippen LogP contribution in [0, 0.1) is 0 Å². The molecule has 1 aromatic rings. The Balaban J connectivity index is 3.14. The molecule has 136 valence electrons. The Morgan fingerprint density at radius 1 is 1.04 bits per heavy atom. The smallest absolute Gasteiger partial charge is 0.338 e. The van der Waals surface area contributed by atoms with Gasteiger partial charge >= 0.3 is 5.97 Å². The molecule has 0 aliphatic carbocycles. The molecule has 1 N–H and O–H groups in total. The largest absolute Gasteiger partial charge is 0.458 e. The summed E-state index contributed by atoms with van der Waals surface area (Å²) in [5, 5.41) is 10.6. The van der Waals surface area contributed by atoms with Crippen LogP contribution in [0.15, 0.2) is 30.3 Å². The average Bonchev–Trinajstić information content (AvgIpc) is 2.42. The molecule has 0 heterocycles. The molecular formula is C19H32O4Si. The van der Waals surface area contributed by atoms with E-state index in [0.29, 0.717) is 0 Å². The highest BCUT2D eigenvalue weighted by Crippen LogP contribution is 2.40. The maximum absolute atomic E-state index is 12.4. The Morgan fingerprint density at radius 3 is 1.96 bits per heavy atom. The molecule has 0 amide bonds. The Hall–Kier alpha value is -1.17. The third-order valence-corrected chi connectivity index (χ3v) is 8.75. The maximum atomic E-state index is 12.4. The second-order valence-electron chi connectivity index (χ2n) is 8.69. The van der Waals surface area contributed by atoms with Crippen LogP contribution in [0.2, 0.25) is 18.1 Å². The number of carbonyl (C=O) groups excluding carboxylic acids is 1. The number of hydrogen-bond acceptors (Lipinski definition) is 4. The topological polar surface area (TPSA) is 55.8 Å². The van der Waals surface area contributed by atoms with Crippen molar-refractivity contribution in [2.24, 2.45) is 0 Å². The molecule has 0 aromatic heterocycles. The average molecular weight is 353 g/mol. The van der Waals surface area contributed by atoms with E-state index in [1.807, 2.05) is 30.3 Å². The van der Waals surface area contributed by atoms with Crippen molar-refractivity contribution >= 4 is 14.3 Å². The number of benzene rings is 1. The van der Waals surface area contributed by atoms with E-state index in [9.17, 15) is 9.90 Å². The van der Waals surface area contributed by atoms with Gasteiger partial charge in [-0.1, -0.05) is 51.1 Å². The molecule has 1 rings (SSSR count). The van der Waals surface area contributed by atoms with Crippen LogP contribution in [-0.2, 0) is 14.0 Å². The van der Waals surface area contributed by atoms with Crippen molar-refractivity contribution < 1.29 is 19.1 Å². The van der Waals surface area contributed by atoms with E-state index in [2.05, 4.69) is 33.9 Å². The normalized spacial score (nSPS) is 15.7. The molecule has 0 unspecified atom stereocenters. The summed E-state index contributed by atoms with van der Waals surface area (Å²) < 4.78 is 11.7. The van der Waals surface area contributed by atoms with Gasteiger partial charge in [0.25, 0.3) is 0 Å². The summed E-state index contributed by atoms with van der Waals surface area (Å²) in [6.07, 6.45) is -2.09. The summed E-state index contributed by atoms with van der Waals surface area (Å²) in [5.74, 6) is -0.657. The molecule has 5 heteroatoms. The molecule has 0 radical (unpaired) electrons. The Morgan fingerprint density at radius 2 is 1.54 bits per heavy atom. The number of ether oxygens (including phenoxy) is 1. The number of aliphatic hydroxyl groups excluding tert-OH is 1. The van der Waals surface area contributed by atoms with Crippen molar-refractivity contribution in [1.82, 2.24) is 0 Å². The molecule has 0 aliphatic rings. The molecule has 0 saturated heterocycles. The maximum Gasteiger partial charge on any atom is 0.338 e. The number of aliphatic hydroxyl groups is 1. The van der Waals surface area contributed by atoms with Crippen molar-refractivity contribution in [3.05, 3.63) is 35.9 Å². The standard InChI is InChI=1S/C19H32O4Si/c1-18(2,3)22-17(21)15(20)16(14-12-10-9-11-13-14)23-24(7,8)19(4,5)6/h9-13,15-16,20H,1-8H3/t15-,16-/m0/s1. The third-order valence-electron chi connectivity index (χ3n) is 4.29. The summed E-state index contributed by atoms with van der Waals surface area (Å²) in [6.45, 7) is 15.9. The molecule has 2 atom stereocenters. The highest BCUT2D eigenvalue weighted by atomic mass is 28.4. The fourth-order valence-electron chi connectivity index (χ4n) is 1.94. The summed E-state index contributed by atoms with van der Waals surface area (Å²) in [4.78, 5) is 12.4. The van der Waals surface area contributed by atoms with Gasteiger partial charge in [-0.2, -0.15) is 0 Å². The van der Waals surface area contributed by atoms with Crippen LogP contribution in [-0.4, -0.2) is 31.1 Å². The Kier molecular flexibility index (Phi) is 6.41. The first-order valence-corrected chi connectivity index (χ1v) is 11.3. The van der Waals surface area contributed by atoms with Gasteiger partial charge in [-0.3, -0.25) is 0 Å². The zero-order chi connectivity index (χ0) is 18.8. The van der Waals surface area contributed by atoms with Crippen LogP contribution in [0.4, 0.5) is 0 Å². The quantitative estimate of drug-likeness (QED) is 0.628. The van der Waals surface area contributed by atoms with Crippen LogP contribution in [0.1, 0.15) is 53.2 Å². The fraction of sp³-hybridized carbons (Fsp3) is 0.632. The monoisotopic (exact) mass is 352 g/mol. The number of rotatable bonds is 5. The van der Waals surface area contributed by atoms with Gasteiger partial charge in [0.15, 0.2) is 14.4 Å². The second kappa shape index (κ2) is 7.38. The fourth-order valence-corrected chi connectivity index (χ4v) is 3.19. The van der Waals surface area contributed by atoms with Gasteiger partial charge in [0.05, 0.1) is 0 Å². The van der Waals surface area contributed by atoms with Gasteiger partial charge in [-0.15, -0.1) is 0 Å². The predicted molar refractivity (Wildman–Crippen MR) is 99.3 cm³/mol. The van der Waals surface area contributed by atoms with Gasteiger partial charge < -0.3 is 14.3 Å². The number of hydrogen-bond donors (Lipinski definition) is 1. The van der Waals surface area contributed by atoms with Gasteiger partial charge in [-0.05, 0) is 44.5 Å². The van der Waals surface area contributed by atoms with E-state index in [0.717, 1.165) is 5.56 Å². The van der Waals surface area contributed by atoms with Crippen molar-refractivity contribution in [3.63, 3.8) is 0 Å². The number of esters is 1. The third kappa shape index (κ3) is 5.72. The molecule has 24 heavy (non-hydrogen) atoms. The van der Waals surface area contributed by atoms with Crippen molar-refractivity contribution in [1.29, 1.82) is 0 Å². The van der Waals surface area contributed by atoms with Crippen LogP contribution in [0.25, 0.3) is 0 Å². The SMILES string of the molecule is CC(C)(C)OC(=O)[C@@H](O)[C@@H](O[Si](C)(C)C(C)(C)C)c1ccccc1. The minimum atomic E-state index is -2.19. The lowest BCUT2D eigenvalue weighted by molar-refractivity contribution is -0.170. The molecule has 0 fully saturated rings. The minimum Gasteiger partial charge on any atom is -0.458 e. The van der Waals surface area contributed by atoms with Gasteiger partial charge in [0, 0.05) is 0 Å². The number of carbonyl (C=O) groups is 1. The van der Waals surface area contributed by atoms with Gasteiger partial charge in [0.1, 0.15) is 11.7 Å². The van der Waals surface area contributed by atoms with E-state index in [-0.39, 0.29) is 5.04 Å². The van der Waals surface area contributed by atoms with Crippen LogP contribution < -0.4 is 0 Å². The van der Waals surface area contributed by atoms with Crippen LogP contribution in [0.3, 0.4) is 0 Å². The highest BCUT2D eigenvalue weighted by Gasteiger charge is 2.43. The Bertz CT molecular complexity index is 541. The zero-order valence-electron chi connectivity index (χ0n) is 16.2. The zero-order valence-corrected chi connectivity index (χ0v) is 17.2. The first kappa shape index (κ1) is 20.9. The van der Waals surface area contributed by atoms with Crippen molar-refractivity contribution in [2.45, 2.75) is 77.5 Å². The molecule has 0 bridgehead atoms. The molecule has 4 nitrogen and oxygen atoms in total. The van der Waals surface area contributed by atoms with Crippen molar-refractivity contribution in [2.75, 3.05) is 0 Å². The summed E-state index contributed by atoms with van der Waals surface area (Å²) >= 11 is 0. The molecule has 0 aliphatic heterocycles. The highest BCUT2D eigenvalue weighted by molar-refractivity contribution is 6.74. The summed E-state index contributed by atoms with van der Waals surface area (Å²) in [6, 6.07) is 9.38. The molecule has 0 spiro atoms. The Labute approximate surface area is 147 Å². The second-order valence-corrected chi connectivity index (χ2v) is 13.4. The first-order valence-electron chi connectivity index (χ1n) is 8.38. The van der Waals surface area contributed by atoms with E-state index in [4.69, 9.17) is 9.16 Å². The van der Waals surface area contributed by atoms with Crippen molar-refractivity contribution in [3.8, 4) is 0 Å². The predicted octanol–water partition coefficient (Wildman–Crippen LogP) is 4.45.